The van der Waals surface area contributed by atoms with Crippen molar-refractivity contribution < 1.29 is 14.3 Å². The van der Waals surface area contributed by atoms with Gasteiger partial charge in [-0.25, -0.2) is 19.2 Å². The van der Waals surface area contributed by atoms with Crippen LogP contribution in [0.1, 0.15) is 29.2 Å². The van der Waals surface area contributed by atoms with Crippen molar-refractivity contribution in [3.05, 3.63) is 70.9 Å². The number of carboxylic acid groups (broad SMARTS) is 1. The highest BCUT2D eigenvalue weighted by Gasteiger charge is 2.28. The van der Waals surface area contributed by atoms with Gasteiger partial charge in [0, 0.05) is 62.4 Å². The van der Waals surface area contributed by atoms with Crippen LogP contribution in [-0.4, -0.2) is 61.3 Å². The normalized spacial score (nSPS) is 16.1. The van der Waals surface area contributed by atoms with Gasteiger partial charge in [0.15, 0.2) is 0 Å². The maximum Gasteiger partial charge on any atom is 0.341 e. The molecule has 0 atom stereocenters. The van der Waals surface area contributed by atoms with E-state index in [1.165, 1.54) is 12.3 Å². The Morgan fingerprint density at radius 1 is 1.09 bits per heavy atom. The Hall–Kier alpha value is -4.28. The quantitative estimate of drug-likeness (QED) is 0.469. The van der Waals surface area contributed by atoms with Gasteiger partial charge in [-0.05, 0) is 31.0 Å². The first-order valence-electron chi connectivity index (χ1n) is 11.4. The summed E-state index contributed by atoms with van der Waals surface area (Å²) in [5, 5.41) is 9.53. The molecule has 1 N–H and O–H groups in total. The van der Waals surface area contributed by atoms with Crippen LogP contribution in [0.3, 0.4) is 0 Å². The Labute approximate surface area is 198 Å². The van der Waals surface area contributed by atoms with Gasteiger partial charge >= 0.3 is 5.97 Å². The average molecular weight is 475 g/mol. The molecule has 2 aliphatic rings. The van der Waals surface area contributed by atoms with E-state index in [9.17, 15) is 14.7 Å². The molecule has 6 rings (SSSR count). The second kappa shape index (κ2) is 8.19. The Kier molecular flexibility index (Phi) is 4.97. The van der Waals surface area contributed by atoms with Crippen molar-refractivity contribution >= 4 is 28.5 Å². The van der Waals surface area contributed by atoms with Gasteiger partial charge in [0.05, 0.1) is 11.2 Å². The van der Waals surface area contributed by atoms with Gasteiger partial charge in [-0.2, -0.15) is 4.98 Å². The van der Waals surface area contributed by atoms with Gasteiger partial charge in [0.2, 0.25) is 11.4 Å². The number of nitrogens with zero attached hydrogens (tertiary/aromatic N) is 7. The van der Waals surface area contributed by atoms with E-state index in [-0.39, 0.29) is 17.0 Å². The number of aromatic carboxylic acids is 1. The maximum atomic E-state index is 15.2. The van der Waals surface area contributed by atoms with Gasteiger partial charge in [-0.1, -0.05) is 0 Å². The molecule has 4 aromatic rings. The van der Waals surface area contributed by atoms with Gasteiger partial charge < -0.3 is 19.5 Å². The van der Waals surface area contributed by atoms with E-state index in [0.29, 0.717) is 49.1 Å². The van der Waals surface area contributed by atoms with Crippen LogP contribution in [0.5, 0.6) is 0 Å². The summed E-state index contributed by atoms with van der Waals surface area (Å²) in [5.41, 5.74) is -0.0162. The smallest absolute Gasteiger partial charge is 0.341 e. The number of piperazine rings is 1. The molecule has 0 unspecified atom stereocenters. The van der Waals surface area contributed by atoms with Crippen LogP contribution in [0, 0.1) is 5.82 Å². The van der Waals surface area contributed by atoms with Crippen LogP contribution < -0.4 is 15.2 Å². The number of hydrogen-bond donors (Lipinski definition) is 1. The Bertz CT molecular complexity index is 1490. The third kappa shape index (κ3) is 3.78. The number of carboxylic acids is 1. The molecule has 1 saturated heterocycles. The standard InChI is InChI=1S/C24H22FN7O3/c25-18-11-16-19(32(15-1-2-15)13-17(22(16)33)23(34)35)12-20(18)29-7-9-30(10-8-29)24-27-4-3-21(28-24)31-6-5-26-14-31/h3-6,11-15H,1-2,7-10H2,(H,34,35). The van der Waals surface area contributed by atoms with Crippen LogP contribution in [0.4, 0.5) is 16.0 Å². The third-order valence-electron chi connectivity index (χ3n) is 6.57. The van der Waals surface area contributed by atoms with Gasteiger partial charge in [0.25, 0.3) is 0 Å². The van der Waals surface area contributed by atoms with Crippen molar-refractivity contribution in [1.29, 1.82) is 0 Å². The SMILES string of the molecule is O=C(O)c1cn(C2CC2)c2cc(N3CCN(c4nccc(-n5ccnc5)n4)CC3)c(F)cc2c1=O. The number of pyridine rings is 1. The summed E-state index contributed by atoms with van der Waals surface area (Å²) < 4.78 is 18.8. The molecule has 1 aliphatic heterocycles. The summed E-state index contributed by atoms with van der Waals surface area (Å²) in [6, 6.07) is 4.80. The van der Waals surface area contributed by atoms with E-state index in [0.717, 1.165) is 12.8 Å². The van der Waals surface area contributed by atoms with Crippen LogP contribution in [0.25, 0.3) is 16.7 Å². The molecular weight excluding hydrogens is 453 g/mol. The Morgan fingerprint density at radius 2 is 1.86 bits per heavy atom. The minimum atomic E-state index is -1.30. The van der Waals surface area contributed by atoms with E-state index in [1.54, 1.807) is 35.4 Å². The highest BCUT2D eigenvalue weighted by atomic mass is 19.1. The first kappa shape index (κ1) is 21.3. The number of benzene rings is 1. The molecule has 35 heavy (non-hydrogen) atoms. The molecule has 1 aliphatic carbocycles. The highest BCUT2D eigenvalue weighted by Crippen LogP contribution is 2.38. The van der Waals surface area contributed by atoms with Gasteiger partial charge in [0.1, 0.15) is 23.5 Å². The molecule has 0 radical (unpaired) electrons. The lowest BCUT2D eigenvalue weighted by atomic mass is 10.1. The molecule has 4 heterocycles. The molecule has 10 nitrogen and oxygen atoms in total. The number of anilines is 2. The number of rotatable bonds is 5. The van der Waals surface area contributed by atoms with E-state index in [1.807, 2.05) is 15.7 Å². The second-order valence-corrected chi connectivity index (χ2v) is 8.80. The van der Waals surface area contributed by atoms with Crippen LogP contribution in [0.15, 0.2) is 54.1 Å². The highest BCUT2D eigenvalue weighted by molar-refractivity contribution is 5.93. The summed E-state index contributed by atoms with van der Waals surface area (Å²) in [6.07, 6.45) is 10.1. The molecule has 0 amide bonds. The summed E-state index contributed by atoms with van der Waals surface area (Å²) in [6.45, 7) is 2.28. The number of hydrogen-bond acceptors (Lipinski definition) is 7. The summed E-state index contributed by atoms with van der Waals surface area (Å²) >= 11 is 0. The second-order valence-electron chi connectivity index (χ2n) is 8.80. The van der Waals surface area contributed by atoms with E-state index < -0.39 is 17.2 Å². The minimum absolute atomic E-state index is 0.0985. The number of imidazole rings is 1. The first-order valence-corrected chi connectivity index (χ1v) is 11.4. The molecule has 2 fully saturated rings. The van der Waals surface area contributed by atoms with Crippen LogP contribution in [0.2, 0.25) is 0 Å². The molecule has 1 aromatic carbocycles. The molecule has 11 heteroatoms. The zero-order valence-corrected chi connectivity index (χ0v) is 18.7. The topological polar surface area (TPSA) is 109 Å². The molecule has 3 aromatic heterocycles. The molecule has 1 saturated carbocycles. The van der Waals surface area contributed by atoms with E-state index in [4.69, 9.17) is 0 Å². The number of aromatic nitrogens is 5. The molecule has 178 valence electrons. The van der Waals surface area contributed by atoms with Gasteiger partial charge in [-0.3, -0.25) is 9.36 Å². The fourth-order valence-corrected chi connectivity index (χ4v) is 4.59. The largest absolute Gasteiger partial charge is 0.477 e. The zero-order chi connectivity index (χ0) is 24.1. The van der Waals surface area contributed by atoms with Crippen molar-refractivity contribution in [1.82, 2.24) is 24.1 Å². The van der Waals surface area contributed by atoms with Crippen molar-refractivity contribution in [3.8, 4) is 5.82 Å². The maximum absolute atomic E-state index is 15.2. The minimum Gasteiger partial charge on any atom is -0.477 e. The lowest BCUT2D eigenvalue weighted by Crippen LogP contribution is -2.47. The Morgan fingerprint density at radius 3 is 2.54 bits per heavy atom. The molecule has 0 bridgehead atoms. The summed E-state index contributed by atoms with van der Waals surface area (Å²) in [4.78, 5) is 41.3. The predicted octanol–water partition coefficient (Wildman–Crippen LogP) is 2.48. The monoisotopic (exact) mass is 475 g/mol. The lowest BCUT2D eigenvalue weighted by Gasteiger charge is -2.36. The van der Waals surface area contributed by atoms with E-state index >= 15 is 4.39 Å². The summed E-state index contributed by atoms with van der Waals surface area (Å²) in [5.74, 6) is -0.523. The number of carbonyl (C=O) groups is 1. The van der Waals surface area contributed by atoms with Crippen molar-refractivity contribution in [2.75, 3.05) is 36.0 Å². The Balaban J connectivity index is 1.29. The number of halogens is 1. The first-order chi connectivity index (χ1) is 17.0. The molecular formula is C24H22FN7O3. The van der Waals surface area contributed by atoms with Crippen LogP contribution in [-0.2, 0) is 0 Å². The van der Waals surface area contributed by atoms with Gasteiger partial charge in [-0.15, -0.1) is 0 Å². The third-order valence-corrected chi connectivity index (χ3v) is 6.57. The average Bonchev–Trinajstić information content (AvgIpc) is 3.56. The fraction of sp³-hybridized carbons (Fsp3) is 0.292. The predicted molar refractivity (Wildman–Crippen MR) is 127 cm³/mol. The summed E-state index contributed by atoms with van der Waals surface area (Å²) in [7, 11) is 0. The zero-order valence-electron chi connectivity index (χ0n) is 18.7. The van der Waals surface area contributed by atoms with Crippen molar-refractivity contribution in [2.24, 2.45) is 0 Å². The van der Waals surface area contributed by atoms with Crippen molar-refractivity contribution in [3.63, 3.8) is 0 Å². The van der Waals surface area contributed by atoms with Crippen molar-refractivity contribution in [2.45, 2.75) is 18.9 Å². The van der Waals surface area contributed by atoms with E-state index in [2.05, 4.69) is 19.9 Å². The van der Waals surface area contributed by atoms with Crippen LogP contribution >= 0.6 is 0 Å². The lowest BCUT2D eigenvalue weighted by molar-refractivity contribution is 0.0695. The fourth-order valence-electron chi connectivity index (χ4n) is 4.59. The number of fused-ring (bicyclic) bond motifs is 1. The molecule has 0 spiro atoms.